The second-order valence-corrected chi connectivity index (χ2v) is 2.98. The van der Waals surface area contributed by atoms with Gasteiger partial charge in [0.2, 0.25) is 5.91 Å². The lowest BCUT2D eigenvalue weighted by atomic mass is 10.1. The summed E-state index contributed by atoms with van der Waals surface area (Å²) in [4.78, 5) is 22.0. The van der Waals surface area contributed by atoms with E-state index in [1.54, 1.807) is 7.05 Å². The van der Waals surface area contributed by atoms with Crippen molar-refractivity contribution in [3.05, 3.63) is 0 Å². The zero-order chi connectivity index (χ0) is 8.97. The van der Waals surface area contributed by atoms with E-state index in [0.29, 0.717) is 25.8 Å². The van der Waals surface area contributed by atoms with Crippen molar-refractivity contribution in [2.45, 2.75) is 25.3 Å². The number of ketones is 1. The van der Waals surface area contributed by atoms with Gasteiger partial charge in [0.15, 0.2) is 5.78 Å². The van der Waals surface area contributed by atoms with Gasteiger partial charge in [0.05, 0.1) is 6.04 Å². The van der Waals surface area contributed by atoms with Crippen molar-refractivity contribution in [2.24, 2.45) is 0 Å². The monoisotopic (exact) mass is 170 g/mol. The molecule has 4 nitrogen and oxygen atoms in total. The fraction of sp³-hybridized carbons (Fsp3) is 0.750. The molecule has 1 heterocycles. The lowest BCUT2D eigenvalue weighted by Gasteiger charge is -2.07. The Bertz CT molecular complexity index is 191. The molecule has 0 radical (unpaired) electrons. The van der Waals surface area contributed by atoms with Crippen LogP contribution >= 0.6 is 0 Å². The minimum atomic E-state index is -0.217. The molecule has 1 atom stereocenters. The Labute approximate surface area is 71.7 Å². The first kappa shape index (κ1) is 9.19. The summed E-state index contributed by atoms with van der Waals surface area (Å²) >= 11 is 0. The van der Waals surface area contributed by atoms with E-state index in [9.17, 15) is 9.59 Å². The Kier molecular flexibility index (Phi) is 3.22. The van der Waals surface area contributed by atoms with Crippen LogP contribution in [-0.2, 0) is 9.59 Å². The molecule has 0 aliphatic carbocycles. The topological polar surface area (TPSA) is 58.2 Å². The van der Waals surface area contributed by atoms with E-state index in [0.717, 1.165) is 0 Å². The van der Waals surface area contributed by atoms with Crippen molar-refractivity contribution >= 4 is 11.7 Å². The Morgan fingerprint density at radius 1 is 1.75 bits per heavy atom. The number of carbonyl (C=O) groups is 2. The molecular weight excluding hydrogens is 156 g/mol. The van der Waals surface area contributed by atoms with Crippen LogP contribution in [0.2, 0.25) is 0 Å². The highest BCUT2D eigenvalue weighted by atomic mass is 16.2. The minimum absolute atomic E-state index is 0.00203. The normalized spacial score (nSPS) is 22.4. The van der Waals surface area contributed by atoms with Gasteiger partial charge in [-0.3, -0.25) is 9.59 Å². The van der Waals surface area contributed by atoms with Gasteiger partial charge in [-0.05, 0) is 13.5 Å². The summed E-state index contributed by atoms with van der Waals surface area (Å²) in [6.07, 6.45) is 1.67. The molecule has 0 aromatic rings. The van der Waals surface area contributed by atoms with Crippen LogP contribution in [0.25, 0.3) is 0 Å². The molecular formula is C8H14N2O2. The van der Waals surface area contributed by atoms with Gasteiger partial charge in [-0.25, -0.2) is 0 Å². The lowest BCUT2D eigenvalue weighted by Crippen LogP contribution is -2.34. The van der Waals surface area contributed by atoms with Crippen LogP contribution in [0.5, 0.6) is 0 Å². The molecule has 4 heteroatoms. The fourth-order valence-corrected chi connectivity index (χ4v) is 1.28. The van der Waals surface area contributed by atoms with Crippen molar-refractivity contribution in [3.63, 3.8) is 0 Å². The third-order valence-electron chi connectivity index (χ3n) is 2.01. The molecule has 68 valence electrons. The Morgan fingerprint density at radius 2 is 2.50 bits per heavy atom. The van der Waals surface area contributed by atoms with Crippen LogP contribution in [0.1, 0.15) is 19.3 Å². The van der Waals surface area contributed by atoms with Gasteiger partial charge in [-0.2, -0.15) is 0 Å². The third kappa shape index (κ3) is 2.30. The molecule has 1 saturated heterocycles. The molecule has 0 saturated carbocycles. The predicted octanol–water partition coefficient (Wildman–Crippen LogP) is -0.556. The Morgan fingerprint density at radius 3 is 3.00 bits per heavy atom. The number of amides is 1. The first-order valence-electron chi connectivity index (χ1n) is 4.20. The quantitative estimate of drug-likeness (QED) is 0.595. The van der Waals surface area contributed by atoms with E-state index in [-0.39, 0.29) is 17.7 Å². The van der Waals surface area contributed by atoms with Crippen LogP contribution in [-0.4, -0.2) is 31.3 Å². The van der Waals surface area contributed by atoms with Gasteiger partial charge in [-0.15, -0.1) is 0 Å². The third-order valence-corrected chi connectivity index (χ3v) is 2.01. The summed E-state index contributed by atoms with van der Waals surface area (Å²) < 4.78 is 0. The molecule has 1 aliphatic heterocycles. The zero-order valence-corrected chi connectivity index (χ0v) is 7.22. The summed E-state index contributed by atoms with van der Waals surface area (Å²) in [6, 6.07) is -0.217. The van der Waals surface area contributed by atoms with E-state index in [1.165, 1.54) is 0 Å². The van der Waals surface area contributed by atoms with E-state index in [1.807, 2.05) is 0 Å². The molecule has 1 amide bonds. The Hall–Kier alpha value is -0.900. The molecule has 1 fully saturated rings. The predicted molar refractivity (Wildman–Crippen MR) is 44.7 cm³/mol. The smallest absolute Gasteiger partial charge is 0.220 e. The number of hydrogen-bond donors (Lipinski definition) is 2. The van der Waals surface area contributed by atoms with Crippen molar-refractivity contribution < 1.29 is 9.59 Å². The second kappa shape index (κ2) is 4.21. The zero-order valence-electron chi connectivity index (χ0n) is 7.22. The molecule has 0 bridgehead atoms. The first-order valence-corrected chi connectivity index (χ1v) is 4.20. The molecule has 0 aromatic heterocycles. The average Bonchev–Trinajstić information content (AvgIpc) is 2.47. The van der Waals surface area contributed by atoms with Crippen molar-refractivity contribution in [2.75, 3.05) is 13.6 Å². The summed E-state index contributed by atoms with van der Waals surface area (Å²) in [6.45, 7) is 0.686. The van der Waals surface area contributed by atoms with Crippen LogP contribution in [0.4, 0.5) is 0 Å². The van der Waals surface area contributed by atoms with E-state index in [4.69, 9.17) is 0 Å². The number of Topliss-reactive ketones (excluding diaryl/α,β-unsaturated/α-hetero) is 1. The van der Waals surface area contributed by atoms with Gasteiger partial charge in [0.1, 0.15) is 0 Å². The second-order valence-electron chi connectivity index (χ2n) is 2.98. The van der Waals surface area contributed by atoms with Gasteiger partial charge >= 0.3 is 0 Å². The lowest BCUT2D eigenvalue weighted by molar-refractivity contribution is -0.124. The minimum Gasteiger partial charge on any atom is -0.346 e. The highest BCUT2D eigenvalue weighted by Crippen LogP contribution is 2.08. The SMILES string of the molecule is CNCCC(=O)[C@H]1CCC(=O)N1. The summed E-state index contributed by atoms with van der Waals surface area (Å²) in [5.41, 5.74) is 0. The molecule has 0 spiro atoms. The van der Waals surface area contributed by atoms with Gasteiger partial charge < -0.3 is 10.6 Å². The van der Waals surface area contributed by atoms with Crippen molar-refractivity contribution in [3.8, 4) is 0 Å². The Balaban J connectivity index is 2.28. The van der Waals surface area contributed by atoms with E-state index < -0.39 is 0 Å². The summed E-state index contributed by atoms with van der Waals surface area (Å²) in [7, 11) is 1.81. The number of hydrogen-bond acceptors (Lipinski definition) is 3. The molecule has 0 unspecified atom stereocenters. The van der Waals surface area contributed by atoms with E-state index in [2.05, 4.69) is 10.6 Å². The van der Waals surface area contributed by atoms with Crippen LogP contribution in [0, 0.1) is 0 Å². The molecule has 12 heavy (non-hydrogen) atoms. The fourth-order valence-electron chi connectivity index (χ4n) is 1.28. The maximum absolute atomic E-state index is 11.3. The average molecular weight is 170 g/mol. The number of nitrogens with one attached hydrogen (secondary N) is 2. The van der Waals surface area contributed by atoms with Crippen LogP contribution in [0.15, 0.2) is 0 Å². The van der Waals surface area contributed by atoms with Gasteiger partial charge in [0, 0.05) is 19.4 Å². The molecule has 2 N–H and O–H groups in total. The van der Waals surface area contributed by atoms with Gasteiger partial charge in [0.25, 0.3) is 0 Å². The summed E-state index contributed by atoms with van der Waals surface area (Å²) in [5.74, 6) is 0.132. The first-order chi connectivity index (χ1) is 5.74. The van der Waals surface area contributed by atoms with Crippen molar-refractivity contribution in [1.29, 1.82) is 0 Å². The largest absolute Gasteiger partial charge is 0.346 e. The maximum Gasteiger partial charge on any atom is 0.220 e. The molecule has 1 rings (SSSR count). The highest BCUT2D eigenvalue weighted by Gasteiger charge is 2.25. The van der Waals surface area contributed by atoms with Crippen LogP contribution in [0.3, 0.4) is 0 Å². The highest BCUT2D eigenvalue weighted by molar-refractivity contribution is 5.92. The number of carbonyl (C=O) groups excluding carboxylic acids is 2. The molecule has 1 aliphatic rings. The summed E-state index contributed by atoms with van der Waals surface area (Å²) in [5, 5.41) is 5.55. The van der Waals surface area contributed by atoms with Crippen LogP contribution < -0.4 is 10.6 Å². The molecule has 0 aromatic carbocycles. The standard InChI is InChI=1S/C8H14N2O2/c1-9-5-4-7(11)6-2-3-8(12)10-6/h6,9H,2-5H2,1H3,(H,10,12)/t6-/m1/s1. The van der Waals surface area contributed by atoms with Gasteiger partial charge in [-0.1, -0.05) is 0 Å². The maximum atomic E-state index is 11.3. The number of rotatable bonds is 4. The van der Waals surface area contributed by atoms with Crippen molar-refractivity contribution in [1.82, 2.24) is 10.6 Å². The van der Waals surface area contributed by atoms with E-state index >= 15 is 0 Å².